The van der Waals surface area contributed by atoms with Crippen LogP contribution in [-0.4, -0.2) is 33.0 Å². The standard InChI is InChI=1S/C14H22N4O2/c15-8-12-9-18(17-16-12)10-13(19)11-3-6-20-14(7-11)4-1-2-5-14/h9,11H,1-8,10,15H2. The lowest BCUT2D eigenvalue weighted by molar-refractivity contribution is -0.137. The zero-order valence-corrected chi connectivity index (χ0v) is 11.8. The van der Waals surface area contributed by atoms with E-state index in [0.717, 1.165) is 31.4 Å². The largest absolute Gasteiger partial charge is 0.375 e. The fraction of sp³-hybridized carbons (Fsp3) is 0.786. The summed E-state index contributed by atoms with van der Waals surface area (Å²) in [5, 5.41) is 7.86. The molecular formula is C14H22N4O2. The van der Waals surface area contributed by atoms with Crippen LogP contribution in [0, 0.1) is 5.92 Å². The second kappa shape index (κ2) is 5.61. The normalized spacial score (nSPS) is 25.1. The van der Waals surface area contributed by atoms with E-state index in [-0.39, 0.29) is 17.3 Å². The molecule has 2 fully saturated rings. The van der Waals surface area contributed by atoms with Crippen molar-refractivity contribution in [2.24, 2.45) is 11.7 Å². The maximum atomic E-state index is 12.4. The summed E-state index contributed by atoms with van der Waals surface area (Å²) in [6.07, 6.45) is 8.13. The molecule has 1 saturated heterocycles. The Hall–Kier alpha value is -1.27. The monoisotopic (exact) mass is 278 g/mol. The zero-order valence-electron chi connectivity index (χ0n) is 11.8. The minimum Gasteiger partial charge on any atom is -0.375 e. The molecule has 6 heteroatoms. The van der Waals surface area contributed by atoms with Crippen molar-refractivity contribution >= 4 is 5.78 Å². The highest BCUT2D eigenvalue weighted by atomic mass is 16.5. The number of Topliss-reactive ketones (excluding diaryl/α,β-unsaturated/α-hetero) is 1. The third-order valence-electron chi connectivity index (χ3n) is 4.58. The average molecular weight is 278 g/mol. The van der Waals surface area contributed by atoms with E-state index in [0.29, 0.717) is 19.7 Å². The van der Waals surface area contributed by atoms with Crippen LogP contribution in [-0.2, 0) is 22.6 Å². The van der Waals surface area contributed by atoms with E-state index >= 15 is 0 Å². The first-order chi connectivity index (χ1) is 9.71. The molecule has 1 aliphatic carbocycles. The summed E-state index contributed by atoms with van der Waals surface area (Å²) >= 11 is 0. The molecule has 1 aromatic rings. The molecule has 2 aliphatic rings. The number of ether oxygens (including phenoxy) is 1. The minimum atomic E-state index is -0.0106. The van der Waals surface area contributed by atoms with Crippen LogP contribution in [0.4, 0.5) is 0 Å². The molecule has 6 nitrogen and oxygen atoms in total. The van der Waals surface area contributed by atoms with Crippen LogP contribution >= 0.6 is 0 Å². The lowest BCUT2D eigenvalue weighted by Gasteiger charge is -2.37. The van der Waals surface area contributed by atoms with Gasteiger partial charge >= 0.3 is 0 Å². The maximum absolute atomic E-state index is 12.4. The molecule has 1 unspecified atom stereocenters. The van der Waals surface area contributed by atoms with E-state index < -0.39 is 0 Å². The SMILES string of the molecule is NCc1cn(CC(=O)C2CCOC3(CCCC3)C2)nn1. The molecular weight excluding hydrogens is 256 g/mol. The molecule has 0 aromatic carbocycles. The molecule has 0 amide bonds. The third-order valence-corrected chi connectivity index (χ3v) is 4.58. The summed E-state index contributed by atoms with van der Waals surface area (Å²) in [4.78, 5) is 12.4. The number of nitrogens with zero attached hydrogens (tertiary/aromatic N) is 3. The maximum Gasteiger partial charge on any atom is 0.157 e. The minimum absolute atomic E-state index is 0.0106. The fourth-order valence-electron chi connectivity index (χ4n) is 3.47. The molecule has 0 radical (unpaired) electrons. The zero-order chi connectivity index (χ0) is 14.0. The van der Waals surface area contributed by atoms with Gasteiger partial charge in [0.1, 0.15) is 6.54 Å². The summed E-state index contributed by atoms with van der Waals surface area (Å²) in [5.41, 5.74) is 6.21. The van der Waals surface area contributed by atoms with Crippen LogP contribution in [0.2, 0.25) is 0 Å². The Balaban J connectivity index is 1.61. The van der Waals surface area contributed by atoms with E-state index in [4.69, 9.17) is 10.5 Å². The second-order valence-corrected chi connectivity index (χ2v) is 6.01. The van der Waals surface area contributed by atoms with Crippen molar-refractivity contribution in [3.05, 3.63) is 11.9 Å². The van der Waals surface area contributed by atoms with Crippen LogP contribution in [0.15, 0.2) is 6.20 Å². The van der Waals surface area contributed by atoms with Gasteiger partial charge in [0, 0.05) is 19.1 Å². The Kier molecular flexibility index (Phi) is 3.85. The highest BCUT2D eigenvalue weighted by molar-refractivity contribution is 5.80. The number of carbonyl (C=O) groups is 1. The summed E-state index contributed by atoms with van der Waals surface area (Å²) < 4.78 is 7.57. The Bertz CT molecular complexity index is 479. The summed E-state index contributed by atoms with van der Waals surface area (Å²) in [5.74, 6) is 0.348. The summed E-state index contributed by atoms with van der Waals surface area (Å²) in [7, 11) is 0. The van der Waals surface area contributed by atoms with Gasteiger partial charge in [-0.2, -0.15) is 0 Å². The van der Waals surface area contributed by atoms with Crippen molar-refractivity contribution in [2.45, 2.75) is 57.2 Å². The first kappa shape index (κ1) is 13.7. The number of aromatic nitrogens is 3. The van der Waals surface area contributed by atoms with Crippen LogP contribution in [0.25, 0.3) is 0 Å². The molecule has 2 heterocycles. The summed E-state index contributed by atoms with van der Waals surface area (Å²) in [6.45, 7) is 1.37. The topological polar surface area (TPSA) is 83.0 Å². The van der Waals surface area contributed by atoms with Gasteiger partial charge in [0.25, 0.3) is 0 Å². The average Bonchev–Trinajstić information content (AvgIpc) is 3.09. The molecule has 3 rings (SSSR count). The number of carbonyl (C=O) groups excluding carboxylic acids is 1. The molecule has 2 N–H and O–H groups in total. The molecule has 110 valence electrons. The van der Waals surface area contributed by atoms with Crippen LogP contribution in [0.1, 0.15) is 44.2 Å². The van der Waals surface area contributed by atoms with Gasteiger partial charge in [-0.25, -0.2) is 4.68 Å². The van der Waals surface area contributed by atoms with Crippen molar-refractivity contribution in [2.75, 3.05) is 6.61 Å². The Labute approximate surface area is 118 Å². The van der Waals surface area contributed by atoms with Gasteiger partial charge in [-0.1, -0.05) is 18.1 Å². The predicted molar refractivity (Wildman–Crippen MR) is 72.8 cm³/mol. The van der Waals surface area contributed by atoms with Crippen molar-refractivity contribution < 1.29 is 9.53 Å². The lowest BCUT2D eigenvalue weighted by Crippen LogP contribution is -2.40. The molecule has 0 bridgehead atoms. The van der Waals surface area contributed by atoms with Crippen LogP contribution < -0.4 is 5.73 Å². The van der Waals surface area contributed by atoms with Crippen LogP contribution in [0.3, 0.4) is 0 Å². The third kappa shape index (κ3) is 2.76. The van der Waals surface area contributed by atoms with Gasteiger partial charge in [-0.05, 0) is 25.7 Å². The van der Waals surface area contributed by atoms with Gasteiger partial charge in [0.15, 0.2) is 5.78 Å². The van der Waals surface area contributed by atoms with E-state index in [1.54, 1.807) is 10.9 Å². The van der Waals surface area contributed by atoms with Crippen molar-refractivity contribution in [3.63, 3.8) is 0 Å². The van der Waals surface area contributed by atoms with Gasteiger partial charge in [0.2, 0.25) is 0 Å². The van der Waals surface area contributed by atoms with E-state index in [1.165, 1.54) is 12.8 Å². The Morgan fingerprint density at radius 2 is 2.30 bits per heavy atom. The van der Waals surface area contributed by atoms with Gasteiger partial charge in [-0.3, -0.25) is 4.79 Å². The first-order valence-corrected chi connectivity index (χ1v) is 7.46. The first-order valence-electron chi connectivity index (χ1n) is 7.46. The number of ketones is 1. The molecule has 1 spiro atoms. The van der Waals surface area contributed by atoms with E-state index in [9.17, 15) is 4.79 Å². The lowest BCUT2D eigenvalue weighted by atomic mass is 9.82. The number of rotatable bonds is 4. The van der Waals surface area contributed by atoms with Crippen LogP contribution in [0.5, 0.6) is 0 Å². The Morgan fingerprint density at radius 1 is 1.50 bits per heavy atom. The number of nitrogens with two attached hydrogens (primary N) is 1. The second-order valence-electron chi connectivity index (χ2n) is 6.01. The van der Waals surface area contributed by atoms with E-state index in [1.807, 2.05) is 0 Å². The highest BCUT2D eigenvalue weighted by Gasteiger charge is 2.41. The van der Waals surface area contributed by atoms with Gasteiger partial charge < -0.3 is 10.5 Å². The molecule has 1 saturated carbocycles. The highest BCUT2D eigenvalue weighted by Crippen LogP contribution is 2.42. The fourth-order valence-corrected chi connectivity index (χ4v) is 3.47. The Morgan fingerprint density at radius 3 is 3.00 bits per heavy atom. The molecule has 1 aliphatic heterocycles. The molecule has 1 aromatic heterocycles. The number of hydrogen-bond donors (Lipinski definition) is 1. The van der Waals surface area contributed by atoms with Crippen molar-refractivity contribution in [1.82, 2.24) is 15.0 Å². The van der Waals surface area contributed by atoms with Crippen molar-refractivity contribution in [3.8, 4) is 0 Å². The number of hydrogen-bond acceptors (Lipinski definition) is 5. The summed E-state index contributed by atoms with van der Waals surface area (Å²) in [6, 6.07) is 0. The quantitative estimate of drug-likeness (QED) is 0.890. The van der Waals surface area contributed by atoms with Gasteiger partial charge in [-0.15, -0.1) is 5.10 Å². The molecule has 20 heavy (non-hydrogen) atoms. The van der Waals surface area contributed by atoms with E-state index in [2.05, 4.69) is 10.3 Å². The predicted octanol–water partition coefficient (Wildman–Crippen LogP) is 1.05. The smallest absolute Gasteiger partial charge is 0.157 e. The van der Waals surface area contributed by atoms with Gasteiger partial charge in [0.05, 0.1) is 17.5 Å². The van der Waals surface area contributed by atoms with Crippen molar-refractivity contribution in [1.29, 1.82) is 0 Å². The molecule has 1 atom stereocenters.